The molecule has 7 heteroatoms. The first-order valence-corrected chi connectivity index (χ1v) is 26.8. The second-order valence-corrected chi connectivity index (χ2v) is 40.0. The van der Waals surface area contributed by atoms with Crippen LogP contribution in [0.3, 0.4) is 0 Å². The first kappa shape index (κ1) is 31.4. The van der Waals surface area contributed by atoms with Crippen molar-refractivity contribution in [1.29, 1.82) is 0 Å². The molecule has 0 aromatic heterocycles. The molecule has 0 atom stereocenters. The van der Waals surface area contributed by atoms with Crippen LogP contribution in [-0.2, 0) is 15.0 Å². The number of hydrogen-bond donors (Lipinski definition) is 0. The van der Waals surface area contributed by atoms with Crippen LogP contribution in [0.15, 0.2) is 24.6 Å². The van der Waals surface area contributed by atoms with E-state index in [-0.39, 0.29) is 0 Å². The van der Waals surface area contributed by atoms with Crippen LogP contribution >= 0.6 is 25.0 Å². The third-order valence-corrected chi connectivity index (χ3v) is 46.3. The molecule has 38 heavy (non-hydrogen) atoms. The molecular formula is C31H56Cl2N2OPRu. The van der Waals surface area contributed by atoms with E-state index in [0.29, 0.717) is 23.6 Å². The van der Waals surface area contributed by atoms with E-state index < -0.39 is 15.8 Å². The van der Waals surface area contributed by atoms with E-state index in [0.717, 1.165) is 19.5 Å². The predicted molar refractivity (Wildman–Crippen MR) is 171 cm³/mol. The van der Waals surface area contributed by atoms with E-state index in [1.165, 1.54) is 101 Å². The van der Waals surface area contributed by atoms with Crippen molar-refractivity contribution in [3.05, 3.63) is 24.6 Å². The Labute approximate surface area is 242 Å². The van der Waals surface area contributed by atoms with Gasteiger partial charge in [0, 0.05) is 0 Å². The molecule has 3 saturated carbocycles. The van der Waals surface area contributed by atoms with Crippen molar-refractivity contribution < 1.29 is 15.0 Å². The molecule has 0 radical (unpaired) electrons. The molecule has 223 valence electrons. The molecule has 1 saturated heterocycles. The minimum absolute atomic E-state index is 0.639. The monoisotopic (exact) mass is 675 g/mol. The van der Waals surface area contributed by atoms with Gasteiger partial charge < -0.3 is 0 Å². The molecule has 0 bridgehead atoms. The maximum atomic E-state index is 8.77. The van der Waals surface area contributed by atoms with Gasteiger partial charge in [-0.15, -0.1) is 0 Å². The maximum absolute atomic E-state index is 8.77. The van der Waals surface area contributed by atoms with Crippen LogP contribution in [0.2, 0.25) is 0 Å². The molecule has 3 nitrogen and oxygen atoms in total. The zero-order valence-corrected chi connectivity index (χ0v) is 28.7. The van der Waals surface area contributed by atoms with E-state index in [4.69, 9.17) is 24.1 Å². The molecule has 1 heterocycles. The summed E-state index contributed by atoms with van der Waals surface area (Å²) in [5, 5.41) is 0. The fraction of sp³-hybridized carbons (Fsp3) is 0.806. The fourth-order valence-electron chi connectivity index (χ4n) is 8.57. The van der Waals surface area contributed by atoms with E-state index in [2.05, 4.69) is 59.9 Å². The van der Waals surface area contributed by atoms with Gasteiger partial charge in [-0.3, -0.25) is 0 Å². The third kappa shape index (κ3) is 5.84. The van der Waals surface area contributed by atoms with E-state index in [9.17, 15) is 0 Å². The van der Waals surface area contributed by atoms with Crippen LogP contribution in [0, 0.1) is 0 Å². The molecule has 3 aliphatic carbocycles. The number of halogens is 2. The second-order valence-electron chi connectivity index (χ2n) is 12.1. The molecule has 4 fully saturated rings. The number of ether oxygens (including phenoxy) is 1. The summed E-state index contributed by atoms with van der Waals surface area (Å²) in [6, 6.07) is 0. The Morgan fingerprint density at radius 1 is 0.711 bits per heavy atom. The van der Waals surface area contributed by atoms with Gasteiger partial charge in [0.25, 0.3) is 0 Å². The van der Waals surface area contributed by atoms with E-state index >= 15 is 0 Å². The van der Waals surface area contributed by atoms with Gasteiger partial charge >= 0.3 is 244 Å². The molecule has 0 spiro atoms. The van der Waals surface area contributed by atoms with Gasteiger partial charge in [0.05, 0.1) is 0 Å². The van der Waals surface area contributed by atoms with Crippen molar-refractivity contribution in [1.82, 2.24) is 9.80 Å². The summed E-state index contributed by atoms with van der Waals surface area (Å²) in [4.78, 5) is 7.16. The third-order valence-electron chi connectivity index (χ3n) is 9.80. The van der Waals surface area contributed by atoms with Gasteiger partial charge in [-0.05, 0) is 0 Å². The summed E-state index contributed by atoms with van der Waals surface area (Å²) in [6.45, 7) is 9.00. The Morgan fingerprint density at radius 2 is 1.11 bits per heavy atom. The quantitative estimate of drug-likeness (QED) is 0.188. The number of hydrogen-bond acceptors (Lipinski definition) is 3. The zero-order chi connectivity index (χ0) is 27.1. The van der Waals surface area contributed by atoms with Gasteiger partial charge in [0.15, 0.2) is 0 Å². The Kier molecular flexibility index (Phi) is 11.6. The molecule has 0 aromatic rings. The topological polar surface area (TPSA) is 15.7 Å². The van der Waals surface area contributed by atoms with Gasteiger partial charge in [0.2, 0.25) is 0 Å². The predicted octanol–water partition coefficient (Wildman–Crippen LogP) is 9.61. The normalized spacial score (nSPS) is 25.7. The van der Waals surface area contributed by atoms with Crippen molar-refractivity contribution in [3.63, 3.8) is 0 Å². The standard InChI is InChI=1S/C18H33P.C10H16N2.C3H6O.2ClH.Ru/c1-4-10-16(11-5-1)19(17-12-6-2-7-13-17)18-14-8-3-9-15-18;1-3-6-11-8-5-9-12(10-11)7-4-2;1-3-4-2;;;/h16-18H,1-15H2;3-4,6-7H,5,8-9H2,1-2H3;2H,3H2,1H3;2*1H;/q;;;;;+1/p-1. The van der Waals surface area contributed by atoms with E-state index in [1.54, 1.807) is 0 Å². The number of nitrogens with zero attached hydrogens (tertiary/aromatic N) is 2. The summed E-state index contributed by atoms with van der Waals surface area (Å²) in [5.74, 6) is 0. The van der Waals surface area contributed by atoms with Crippen LogP contribution in [0.4, 0.5) is 0 Å². The zero-order valence-electron chi connectivity index (χ0n) is 24.5. The average Bonchev–Trinajstić information content (AvgIpc) is 2.95. The van der Waals surface area contributed by atoms with Gasteiger partial charge in [-0.2, -0.15) is 0 Å². The van der Waals surface area contributed by atoms with Crippen molar-refractivity contribution in [2.45, 2.75) is 140 Å². The van der Waals surface area contributed by atoms with Gasteiger partial charge in [0.1, 0.15) is 0 Å². The summed E-state index contributed by atoms with van der Waals surface area (Å²) < 4.78 is 7.75. The van der Waals surface area contributed by atoms with Crippen LogP contribution in [0.5, 0.6) is 0 Å². The van der Waals surface area contributed by atoms with Crippen LogP contribution < -0.4 is 0 Å². The molecule has 4 rings (SSSR count). The first-order valence-electron chi connectivity index (χ1n) is 15.8. The van der Waals surface area contributed by atoms with Crippen LogP contribution in [0.25, 0.3) is 0 Å². The van der Waals surface area contributed by atoms with Gasteiger partial charge in [-0.25, -0.2) is 0 Å². The van der Waals surface area contributed by atoms with Crippen LogP contribution in [0.1, 0.15) is 124 Å². The molecule has 0 N–H and O–H groups in total. The Balaban J connectivity index is 2.18. The minimum atomic E-state index is -4.52. The summed E-state index contributed by atoms with van der Waals surface area (Å²) in [6.07, 6.45) is 30.4. The van der Waals surface area contributed by atoms with Crippen LogP contribution in [-0.4, -0.2) is 55.6 Å². The van der Waals surface area contributed by atoms with Crippen molar-refractivity contribution in [2.24, 2.45) is 0 Å². The SMILES string of the molecule is CC=CN1CCCN(C=CC)[C]1=[Ru]([Cl])([Cl])(=[CH]OCC)[PH](C1CCCCC1)(C1CCCCC1)C1CCCCC1. The fourth-order valence-corrected chi connectivity index (χ4v) is 54.7. The Bertz CT molecular complexity index is 906. The first-order chi connectivity index (χ1) is 18.4. The molecular weight excluding hydrogens is 619 g/mol. The Morgan fingerprint density at radius 3 is 1.45 bits per heavy atom. The summed E-state index contributed by atoms with van der Waals surface area (Å²) in [7, 11) is 13.0. The summed E-state index contributed by atoms with van der Waals surface area (Å²) in [5.41, 5.74) is -0.248. The van der Waals surface area contributed by atoms with E-state index in [1.807, 2.05) is 0 Å². The van der Waals surface area contributed by atoms with Crippen molar-refractivity contribution in [2.75, 3.05) is 19.7 Å². The number of allylic oxidation sites excluding steroid dienone is 2. The second kappa shape index (κ2) is 14.1. The molecule has 4 aliphatic rings. The molecule has 0 aromatic carbocycles. The van der Waals surface area contributed by atoms with Crippen molar-refractivity contribution >= 4 is 34.1 Å². The molecule has 1 aliphatic heterocycles. The molecule has 0 unspecified atom stereocenters. The van der Waals surface area contributed by atoms with Gasteiger partial charge in [-0.1, -0.05) is 0 Å². The summed E-state index contributed by atoms with van der Waals surface area (Å²) >= 11 is 0. The van der Waals surface area contributed by atoms with Crippen molar-refractivity contribution in [3.8, 4) is 0 Å². The Hall–Kier alpha value is 0.413. The molecule has 0 amide bonds. The average molecular weight is 676 g/mol. The number of rotatable bonds is 8.